The number of nitrogens with zero attached hydrogens (tertiary/aromatic N) is 4. The van der Waals surface area contributed by atoms with Gasteiger partial charge >= 0.3 is 5.97 Å². The molecule has 1 atom stereocenters. The average Bonchev–Trinajstić information content (AvgIpc) is 2.67. The second-order valence-electron chi connectivity index (χ2n) is 5.76. The quantitative estimate of drug-likeness (QED) is 0.832. The topological polar surface area (TPSA) is 105 Å². The second-order valence-corrected chi connectivity index (χ2v) is 8.31. The Balaban J connectivity index is 2.55. The van der Waals surface area contributed by atoms with Crippen LogP contribution in [0.25, 0.3) is 0 Å². The van der Waals surface area contributed by atoms with E-state index in [0.29, 0.717) is 12.8 Å². The minimum atomic E-state index is -4.00. The van der Waals surface area contributed by atoms with Gasteiger partial charge in [0.15, 0.2) is 4.60 Å². The van der Waals surface area contributed by atoms with Crippen molar-refractivity contribution in [2.45, 2.75) is 37.8 Å². The molecule has 1 aromatic rings. The van der Waals surface area contributed by atoms with Crippen LogP contribution in [0, 0.1) is 5.41 Å². The molecule has 1 unspecified atom stereocenters. The summed E-state index contributed by atoms with van der Waals surface area (Å²) in [4.78, 5) is 11.6. The Morgan fingerprint density at radius 2 is 2.10 bits per heavy atom. The van der Waals surface area contributed by atoms with E-state index in [1.807, 2.05) is 0 Å². The predicted octanol–water partition coefficient (Wildman–Crippen LogP) is 0.841. The predicted molar refractivity (Wildman–Crippen MR) is 77.0 cm³/mol. The fraction of sp³-hybridized carbons (Fsp3) is 0.727. The molecule has 1 N–H and O–H groups in total. The SMILES string of the molecule is Cn1nnc(Br)c1S(=O)(=O)N1CCCC(C)(C)C1C(=O)O. The standard InChI is InChI=1S/C11H17BrN4O4S/c1-11(2)5-4-6-16(7(11)10(17)18)21(19,20)9-8(12)13-14-15(9)3/h7H,4-6H2,1-3H3,(H,17,18). The van der Waals surface area contributed by atoms with Crippen molar-refractivity contribution < 1.29 is 18.3 Å². The van der Waals surface area contributed by atoms with Gasteiger partial charge in [-0.1, -0.05) is 19.1 Å². The molecule has 0 radical (unpaired) electrons. The summed E-state index contributed by atoms with van der Waals surface area (Å²) in [6.07, 6.45) is 1.26. The second kappa shape index (κ2) is 5.33. The Morgan fingerprint density at radius 1 is 1.48 bits per heavy atom. The molecule has 2 heterocycles. The number of aromatic nitrogens is 3. The molecule has 1 aliphatic rings. The molecule has 0 amide bonds. The van der Waals surface area contributed by atoms with E-state index in [9.17, 15) is 18.3 Å². The number of carbonyl (C=O) groups is 1. The lowest BCUT2D eigenvalue weighted by Gasteiger charge is -2.42. The molecule has 21 heavy (non-hydrogen) atoms. The highest BCUT2D eigenvalue weighted by Crippen LogP contribution is 2.38. The smallest absolute Gasteiger partial charge is 0.322 e. The number of aliphatic carboxylic acids is 1. The van der Waals surface area contributed by atoms with E-state index < -0.39 is 27.4 Å². The van der Waals surface area contributed by atoms with Crippen molar-refractivity contribution in [1.29, 1.82) is 0 Å². The Kier molecular flexibility index (Phi) is 4.15. The van der Waals surface area contributed by atoms with Gasteiger partial charge in [0.25, 0.3) is 10.0 Å². The summed E-state index contributed by atoms with van der Waals surface area (Å²) in [6, 6.07) is -1.11. The van der Waals surface area contributed by atoms with E-state index in [0.717, 1.165) is 8.99 Å². The van der Waals surface area contributed by atoms with E-state index in [4.69, 9.17) is 0 Å². The first-order valence-electron chi connectivity index (χ1n) is 6.39. The van der Waals surface area contributed by atoms with Crippen LogP contribution >= 0.6 is 15.9 Å². The highest BCUT2D eigenvalue weighted by molar-refractivity contribution is 9.10. The van der Waals surface area contributed by atoms with Crippen molar-refractivity contribution >= 4 is 31.9 Å². The van der Waals surface area contributed by atoms with Crippen LogP contribution in [0.4, 0.5) is 0 Å². The molecule has 1 aromatic heterocycles. The summed E-state index contributed by atoms with van der Waals surface area (Å²) >= 11 is 3.06. The van der Waals surface area contributed by atoms with E-state index in [1.165, 1.54) is 7.05 Å². The van der Waals surface area contributed by atoms with Gasteiger partial charge in [-0.2, -0.15) is 4.31 Å². The lowest BCUT2D eigenvalue weighted by molar-refractivity contribution is -0.147. The van der Waals surface area contributed by atoms with Gasteiger partial charge < -0.3 is 5.11 Å². The first kappa shape index (κ1) is 16.4. The van der Waals surface area contributed by atoms with E-state index in [2.05, 4.69) is 26.2 Å². The third-order valence-electron chi connectivity index (χ3n) is 3.75. The van der Waals surface area contributed by atoms with Gasteiger partial charge in [-0.25, -0.2) is 13.1 Å². The lowest BCUT2D eigenvalue weighted by atomic mass is 9.77. The van der Waals surface area contributed by atoms with E-state index in [1.54, 1.807) is 13.8 Å². The maximum atomic E-state index is 12.8. The minimum Gasteiger partial charge on any atom is -0.480 e. The highest BCUT2D eigenvalue weighted by Gasteiger charge is 2.49. The lowest BCUT2D eigenvalue weighted by Crippen LogP contribution is -2.56. The summed E-state index contributed by atoms with van der Waals surface area (Å²) in [5, 5.41) is 16.7. The van der Waals surface area contributed by atoms with E-state index >= 15 is 0 Å². The third kappa shape index (κ3) is 2.71. The van der Waals surface area contributed by atoms with Gasteiger partial charge in [0.2, 0.25) is 5.03 Å². The number of hydrogen-bond donors (Lipinski definition) is 1. The van der Waals surface area contributed by atoms with Crippen LogP contribution in [-0.4, -0.2) is 51.4 Å². The highest BCUT2D eigenvalue weighted by atomic mass is 79.9. The minimum absolute atomic E-state index is 0.0810. The van der Waals surface area contributed by atoms with Crippen LogP contribution in [0.1, 0.15) is 26.7 Å². The van der Waals surface area contributed by atoms with Crippen molar-refractivity contribution in [1.82, 2.24) is 19.3 Å². The fourth-order valence-electron chi connectivity index (χ4n) is 2.77. The molecule has 0 aromatic carbocycles. The molecule has 0 spiro atoms. The first-order chi connectivity index (χ1) is 9.59. The van der Waals surface area contributed by atoms with E-state index in [-0.39, 0.29) is 16.2 Å². The van der Waals surface area contributed by atoms with Crippen molar-refractivity contribution in [2.24, 2.45) is 12.5 Å². The number of carboxylic acids is 1. The summed E-state index contributed by atoms with van der Waals surface area (Å²) in [6.45, 7) is 3.70. The van der Waals surface area contributed by atoms with Gasteiger partial charge in [0.1, 0.15) is 6.04 Å². The molecule has 1 fully saturated rings. The summed E-state index contributed by atoms with van der Waals surface area (Å²) in [5.74, 6) is -1.14. The summed E-state index contributed by atoms with van der Waals surface area (Å²) < 4.78 is 27.9. The third-order valence-corrected chi connectivity index (χ3v) is 6.51. The van der Waals surface area contributed by atoms with Gasteiger partial charge in [0, 0.05) is 13.6 Å². The number of hydrogen-bond acceptors (Lipinski definition) is 5. The maximum Gasteiger partial charge on any atom is 0.322 e. The molecular formula is C11H17BrN4O4S. The van der Waals surface area contributed by atoms with Crippen LogP contribution in [-0.2, 0) is 21.9 Å². The molecule has 8 nitrogen and oxygen atoms in total. The molecule has 0 aliphatic carbocycles. The van der Waals surface area contributed by atoms with Crippen LogP contribution in [0.2, 0.25) is 0 Å². The zero-order valence-electron chi connectivity index (χ0n) is 11.9. The molecule has 10 heteroatoms. The molecule has 0 saturated carbocycles. The Labute approximate surface area is 131 Å². The maximum absolute atomic E-state index is 12.8. The number of carboxylic acid groups (broad SMARTS) is 1. The number of rotatable bonds is 3. The summed E-state index contributed by atoms with van der Waals surface area (Å²) in [7, 11) is -2.55. The van der Waals surface area contributed by atoms with Crippen LogP contribution in [0.5, 0.6) is 0 Å². The summed E-state index contributed by atoms with van der Waals surface area (Å²) in [5.41, 5.74) is -0.643. The van der Waals surface area contributed by atoms with Gasteiger partial charge in [-0.05, 0) is 34.2 Å². The van der Waals surface area contributed by atoms with Crippen LogP contribution in [0.15, 0.2) is 9.63 Å². The zero-order valence-corrected chi connectivity index (χ0v) is 14.3. The van der Waals surface area contributed by atoms with Crippen molar-refractivity contribution in [3.63, 3.8) is 0 Å². The molecule has 1 aliphatic heterocycles. The monoisotopic (exact) mass is 380 g/mol. The van der Waals surface area contributed by atoms with Crippen molar-refractivity contribution in [3.05, 3.63) is 4.60 Å². The van der Waals surface area contributed by atoms with Crippen molar-refractivity contribution in [3.8, 4) is 0 Å². The fourth-order valence-corrected chi connectivity index (χ4v) is 5.58. The molecular weight excluding hydrogens is 364 g/mol. The Morgan fingerprint density at radius 3 is 2.57 bits per heavy atom. The largest absolute Gasteiger partial charge is 0.480 e. The van der Waals surface area contributed by atoms with Gasteiger partial charge in [0.05, 0.1) is 0 Å². The number of piperidine rings is 1. The Bertz CT molecular complexity index is 650. The zero-order chi connectivity index (χ0) is 16.0. The van der Waals surface area contributed by atoms with Crippen molar-refractivity contribution in [2.75, 3.05) is 6.54 Å². The average molecular weight is 381 g/mol. The number of aryl methyl sites for hydroxylation is 1. The number of halogens is 1. The molecule has 2 rings (SSSR count). The molecule has 118 valence electrons. The number of sulfonamides is 1. The van der Waals surface area contributed by atoms with Crippen LogP contribution < -0.4 is 0 Å². The Hall–Kier alpha value is -1.00. The van der Waals surface area contributed by atoms with Gasteiger partial charge in [-0.3, -0.25) is 4.79 Å². The molecule has 1 saturated heterocycles. The van der Waals surface area contributed by atoms with Gasteiger partial charge in [-0.15, -0.1) is 5.10 Å². The normalized spacial score (nSPS) is 23.1. The molecule has 0 bridgehead atoms. The first-order valence-corrected chi connectivity index (χ1v) is 8.62. The van der Waals surface area contributed by atoms with Crippen LogP contribution in [0.3, 0.4) is 0 Å².